The Hall–Kier alpha value is -5.33. The van der Waals surface area contributed by atoms with Gasteiger partial charge in [0.05, 0.1) is 23.5 Å². The highest BCUT2D eigenvalue weighted by molar-refractivity contribution is 6.01. The predicted molar refractivity (Wildman–Crippen MR) is 240 cm³/mol. The fourth-order valence-corrected chi connectivity index (χ4v) is 11.1. The summed E-state index contributed by atoms with van der Waals surface area (Å²) in [5.41, 5.74) is 5.57. The van der Waals surface area contributed by atoms with Crippen molar-refractivity contribution in [1.29, 1.82) is 0 Å². The van der Waals surface area contributed by atoms with Crippen molar-refractivity contribution >= 4 is 29.1 Å². The standard InChI is InChI=1S/C50H61N7O5/c58-45-9-5-4-8-43(45)44-32-41(34-52-54-44)56-28-20-49(21-29-56,39-6-2-1-3-7-39)35-51-47(60)38-19-27-57(50(33-38)22-30-62-31-23-50)26-18-36-16-24-55(25-17-36)40-12-10-37(11-13-40)42-14-15-46(59)53-48(42)61/h1-13,32,34,36,38,42,58H,14-31,33,35H2,(H,51,60)(H,53,59,61)/t38?,42-/m1/s1. The number of hydrogen-bond donors (Lipinski definition) is 3. The van der Waals surface area contributed by atoms with Crippen LogP contribution >= 0.6 is 0 Å². The van der Waals surface area contributed by atoms with E-state index < -0.39 is 0 Å². The molecule has 3 aromatic carbocycles. The Kier molecular flexibility index (Phi) is 12.6. The SMILES string of the molecule is O=C1CC[C@H](c2ccc(N3CCC(CCN4CCC(C(=O)NCC5(c6ccccc6)CCN(c6cnnc(-c7ccccc7O)c6)CC5)CC45CCOCC5)CC3)cc2)C(=O)N1. The quantitative estimate of drug-likeness (QED) is 0.142. The summed E-state index contributed by atoms with van der Waals surface area (Å²) in [4.78, 5) is 45.8. The van der Waals surface area contributed by atoms with Gasteiger partial charge in [0.15, 0.2) is 0 Å². The van der Waals surface area contributed by atoms with Crippen LogP contribution in [0.4, 0.5) is 11.4 Å². The first kappa shape index (κ1) is 42.0. The lowest BCUT2D eigenvalue weighted by atomic mass is 9.72. The second-order valence-electron chi connectivity index (χ2n) is 18.5. The van der Waals surface area contributed by atoms with Crippen LogP contribution in [-0.2, 0) is 24.5 Å². The maximum absolute atomic E-state index is 14.3. The van der Waals surface area contributed by atoms with Gasteiger partial charge in [-0.3, -0.25) is 24.6 Å². The highest BCUT2D eigenvalue weighted by Crippen LogP contribution is 2.42. The van der Waals surface area contributed by atoms with E-state index in [0.717, 1.165) is 115 Å². The lowest BCUT2D eigenvalue weighted by Crippen LogP contribution is -2.59. The maximum Gasteiger partial charge on any atom is 0.234 e. The van der Waals surface area contributed by atoms with Crippen LogP contribution in [0.1, 0.15) is 87.7 Å². The number of aromatic hydroxyl groups is 1. The van der Waals surface area contributed by atoms with Crippen molar-refractivity contribution in [2.24, 2.45) is 11.8 Å². The maximum atomic E-state index is 14.3. The number of ether oxygens (including phenoxy) is 1. The van der Waals surface area contributed by atoms with Crippen LogP contribution in [0.2, 0.25) is 0 Å². The fraction of sp³-hybridized carbons (Fsp3) is 0.500. The van der Waals surface area contributed by atoms with E-state index in [1.54, 1.807) is 18.3 Å². The molecule has 0 radical (unpaired) electrons. The van der Waals surface area contributed by atoms with Crippen molar-refractivity contribution < 1.29 is 24.2 Å². The highest BCUT2D eigenvalue weighted by Gasteiger charge is 2.46. The van der Waals surface area contributed by atoms with Crippen LogP contribution in [0.5, 0.6) is 5.75 Å². The van der Waals surface area contributed by atoms with E-state index in [9.17, 15) is 19.5 Å². The van der Waals surface area contributed by atoms with Gasteiger partial charge < -0.3 is 25.0 Å². The minimum Gasteiger partial charge on any atom is -0.507 e. The first-order chi connectivity index (χ1) is 30.3. The van der Waals surface area contributed by atoms with E-state index in [2.05, 4.69) is 90.1 Å². The molecule has 2 atom stereocenters. The van der Waals surface area contributed by atoms with E-state index in [1.807, 2.05) is 18.2 Å². The summed E-state index contributed by atoms with van der Waals surface area (Å²) in [6.07, 6.45) is 11.7. The number of aromatic nitrogens is 2. The molecule has 5 saturated heterocycles. The molecule has 3 N–H and O–H groups in total. The molecule has 5 aliphatic heterocycles. The molecule has 6 heterocycles. The fourth-order valence-electron chi connectivity index (χ4n) is 11.1. The Balaban J connectivity index is 0.788. The Bertz CT molecular complexity index is 2180. The predicted octanol–water partition coefficient (Wildman–Crippen LogP) is 6.59. The molecule has 1 aromatic heterocycles. The first-order valence-electron chi connectivity index (χ1n) is 23.0. The molecular weight excluding hydrogens is 779 g/mol. The summed E-state index contributed by atoms with van der Waals surface area (Å²) < 4.78 is 5.92. The molecule has 0 saturated carbocycles. The Morgan fingerprint density at radius 3 is 2.29 bits per heavy atom. The van der Waals surface area contributed by atoms with Crippen molar-refractivity contribution in [2.75, 3.05) is 68.8 Å². The van der Waals surface area contributed by atoms with Gasteiger partial charge in [0.2, 0.25) is 17.7 Å². The van der Waals surface area contributed by atoms with E-state index in [-0.39, 0.29) is 46.3 Å². The average molecular weight is 840 g/mol. The summed E-state index contributed by atoms with van der Waals surface area (Å²) in [7, 11) is 0. The number of nitrogens with one attached hydrogen (secondary N) is 2. The van der Waals surface area contributed by atoms with Gasteiger partial charge in [-0.2, -0.15) is 10.2 Å². The third-order valence-corrected chi connectivity index (χ3v) is 15.1. The number of carbonyl (C=O) groups is 3. The molecule has 4 aromatic rings. The lowest BCUT2D eigenvalue weighted by molar-refractivity contribution is -0.134. The van der Waals surface area contributed by atoms with E-state index in [1.165, 1.54) is 17.7 Å². The number of para-hydroxylation sites is 1. The number of anilines is 2. The van der Waals surface area contributed by atoms with Crippen molar-refractivity contribution in [2.45, 2.75) is 87.5 Å². The molecule has 326 valence electrons. The number of phenols is 1. The molecule has 1 spiro atoms. The monoisotopic (exact) mass is 839 g/mol. The zero-order valence-electron chi connectivity index (χ0n) is 35.9. The smallest absolute Gasteiger partial charge is 0.234 e. The summed E-state index contributed by atoms with van der Waals surface area (Å²) >= 11 is 0. The molecule has 0 aliphatic carbocycles. The zero-order chi connectivity index (χ0) is 42.5. The van der Waals surface area contributed by atoms with Gasteiger partial charge in [-0.15, -0.1) is 0 Å². The molecule has 62 heavy (non-hydrogen) atoms. The van der Waals surface area contributed by atoms with Gasteiger partial charge in [0, 0.05) is 80.5 Å². The van der Waals surface area contributed by atoms with E-state index in [4.69, 9.17) is 4.74 Å². The molecule has 9 rings (SSSR count). The number of rotatable bonds is 11. The van der Waals surface area contributed by atoms with Gasteiger partial charge in [-0.25, -0.2) is 0 Å². The van der Waals surface area contributed by atoms with Crippen molar-refractivity contribution in [3.63, 3.8) is 0 Å². The molecule has 5 aliphatic rings. The minimum atomic E-state index is -0.252. The lowest BCUT2D eigenvalue weighted by Gasteiger charge is -2.52. The summed E-state index contributed by atoms with van der Waals surface area (Å²) in [6, 6.07) is 28.3. The summed E-state index contributed by atoms with van der Waals surface area (Å²) in [5.74, 6) is 0.412. The number of amides is 3. The molecule has 12 heteroatoms. The van der Waals surface area contributed by atoms with E-state index in [0.29, 0.717) is 36.6 Å². The Morgan fingerprint density at radius 1 is 0.823 bits per heavy atom. The van der Waals surface area contributed by atoms with Crippen LogP contribution in [0.15, 0.2) is 91.1 Å². The number of carbonyl (C=O) groups excluding carboxylic acids is 3. The highest BCUT2D eigenvalue weighted by atomic mass is 16.5. The third-order valence-electron chi connectivity index (χ3n) is 15.1. The van der Waals surface area contributed by atoms with Crippen LogP contribution in [0.3, 0.4) is 0 Å². The number of nitrogens with zero attached hydrogens (tertiary/aromatic N) is 5. The Morgan fingerprint density at radius 2 is 1.55 bits per heavy atom. The largest absolute Gasteiger partial charge is 0.507 e. The van der Waals surface area contributed by atoms with Gasteiger partial charge in [-0.1, -0.05) is 54.6 Å². The topological polar surface area (TPSA) is 140 Å². The third kappa shape index (κ3) is 9.08. The Labute approximate surface area is 365 Å². The molecule has 3 amide bonds. The van der Waals surface area contributed by atoms with Crippen molar-refractivity contribution in [1.82, 2.24) is 25.7 Å². The average Bonchev–Trinajstić information content (AvgIpc) is 3.31. The van der Waals surface area contributed by atoms with Gasteiger partial charge >= 0.3 is 0 Å². The van der Waals surface area contributed by atoms with Gasteiger partial charge in [0.25, 0.3) is 0 Å². The van der Waals surface area contributed by atoms with Crippen molar-refractivity contribution in [3.8, 4) is 17.0 Å². The van der Waals surface area contributed by atoms with Gasteiger partial charge in [0.1, 0.15) is 5.75 Å². The number of benzene rings is 3. The van der Waals surface area contributed by atoms with Crippen LogP contribution < -0.4 is 20.4 Å². The second-order valence-corrected chi connectivity index (χ2v) is 18.5. The number of likely N-dealkylation sites (tertiary alicyclic amines) is 1. The summed E-state index contributed by atoms with van der Waals surface area (Å²) in [6.45, 7) is 7.79. The van der Waals surface area contributed by atoms with Crippen LogP contribution in [-0.4, -0.2) is 102 Å². The van der Waals surface area contributed by atoms with Crippen LogP contribution in [0.25, 0.3) is 11.3 Å². The number of hydrogen-bond acceptors (Lipinski definition) is 10. The van der Waals surface area contributed by atoms with Crippen molar-refractivity contribution in [3.05, 3.63) is 102 Å². The number of piperidine rings is 4. The molecule has 0 bridgehead atoms. The second kappa shape index (κ2) is 18.6. The first-order valence-corrected chi connectivity index (χ1v) is 23.0. The molecule has 5 fully saturated rings. The number of imide groups is 1. The minimum absolute atomic E-state index is 0.0000934. The molecule has 1 unspecified atom stereocenters. The molecular formula is C50H61N7O5. The van der Waals surface area contributed by atoms with Crippen LogP contribution in [0, 0.1) is 11.8 Å². The zero-order valence-corrected chi connectivity index (χ0v) is 35.9. The van der Waals surface area contributed by atoms with E-state index >= 15 is 0 Å². The summed E-state index contributed by atoms with van der Waals surface area (Å²) in [5, 5.41) is 25.1. The normalized spacial score (nSPS) is 23.2. The molecule has 12 nitrogen and oxygen atoms in total. The number of phenolic OH excluding ortho intramolecular Hbond substituents is 1. The van der Waals surface area contributed by atoms with Gasteiger partial charge in [-0.05, 0) is 125 Å².